The second kappa shape index (κ2) is 9.49. The van der Waals surface area contributed by atoms with Gasteiger partial charge in [-0.3, -0.25) is 0 Å². The van der Waals surface area contributed by atoms with Gasteiger partial charge in [-0.2, -0.15) is 4.68 Å². The van der Waals surface area contributed by atoms with Crippen molar-refractivity contribution in [1.29, 1.82) is 0 Å². The van der Waals surface area contributed by atoms with Gasteiger partial charge in [0.25, 0.3) is 5.16 Å². The van der Waals surface area contributed by atoms with Crippen LogP contribution in [-0.2, 0) is 14.3 Å². The maximum Gasteiger partial charge on any atom is 0.272 e. The van der Waals surface area contributed by atoms with Gasteiger partial charge < -0.3 is 4.43 Å². The van der Waals surface area contributed by atoms with Crippen LogP contribution in [-0.4, -0.2) is 48.8 Å². The lowest BCUT2D eigenvalue weighted by atomic mass is 10.1. The van der Waals surface area contributed by atoms with Crippen LogP contribution in [0, 0.1) is 0 Å². The molecular weight excluding hydrogens is 404 g/mol. The van der Waals surface area contributed by atoms with E-state index in [4.69, 9.17) is 4.43 Å². The Morgan fingerprint density at radius 3 is 2.38 bits per heavy atom. The first-order valence-corrected chi connectivity index (χ1v) is 14.8. The van der Waals surface area contributed by atoms with Gasteiger partial charge in [0.05, 0.1) is 11.4 Å². The summed E-state index contributed by atoms with van der Waals surface area (Å²) in [5.41, 5.74) is 0.630. The van der Waals surface area contributed by atoms with Gasteiger partial charge in [-0.15, -0.1) is 0 Å². The molecule has 0 N–H and O–H groups in total. The molecule has 2 aromatic rings. The predicted molar refractivity (Wildman–Crippen MR) is 117 cm³/mol. The molecule has 0 aliphatic carbocycles. The molecule has 2 rings (SSSR count). The third kappa shape index (κ3) is 6.20. The minimum absolute atomic E-state index is 0.0245. The lowest BCUT2D eigenvalue weighted by Gasteiger charge is -2.39. The maximum atomic E-state index is 12.8. The summed E-state index contributed by atoms with van der Waals surface area (Å²) in [6.07, 6.45) is 3.32. The highest BCUT2D eigenvalue weighted by Crippen LogP contribution is 2.38. The van der Waals surface area contributed by atoms with Gasteiger partial charge in [0.15, 0.2) is 8.32 Å². The summed E-state index contributed by atoms with van der Waals surface area (Å²) in [4.78, 5) is 0. The fraction of sp³-hybridized carbons (Fsp3) is 0.650. The van der Waals surface area contributed by atoms with Crippen LogP contribution < -0.4 is 0 Å². The van der Waals surface area contributed by atoms with E-state index in [9.17, 15) is 8.42 Å². The van der Waals surface area contributed by atoms with Crippen molar-refractivity contribution >= 4 is 18.2 Å². The van der Waals surface area contributed by atoms with Crippen LogP contribution in [0.15, 0.2) is 35.5 Å². The van der Waals surface area contributed by atoms with Crippen LogP contribution in [0.2, 0.25) is 18.1 Å². The summed E-state index contributed by atoms with van der Waals surface area (Å²) < 4.78 is 33.3. The lowest BCUT2D eigenvalue weighted by Crippen LogP contribution is -2.43. The molecule has 0 unspecified atom stereocenters. The first-order chi connectivity index (χ1) is 13.5. The largest absolute Gasteiger partial charge is 0.414 e. The zero-order valence-corrected chi connectivity index (χ0v) is 20.2. The van der Waals surface area contributed by atoms with Crippen LogP contribution in [0.4, 0.5) is 0 Å². The Labute approximate surface area is 175 Å². The van der Waals surface area contributed by atoms with Crippen LogP contribution in [0.5, 0.6) is 0 Å². The molecule has 1 aromatic carbocycles. The Bertz CT molecular complexity index is 877. The lowest BCUT2D eigenvalue weighted by molar-refractivity contribution is 0.164. The highest BCUT2D eigenvalue weighted by molar-refractivity contribution is 7.91. The van der Waals surface area contributed by atoms with Crippen LogP contribution in [0.1, 0.15) is 53.4 Å². The first kappa shape index (κ1) is 23.7. The molecule has 1 atom stereocenters. The Kier molecular flexibility index (Phi) is 7.75. The van der Waals surface area contributed by atoms with Crippen LogP contribution >= 0.6 is 0 Å². The fourth-order valence-corrected chi connectivity index (χ4v) is 5.60. The van der Waals surface area contributed by atoms with Gasteiger partial charge in [-0.1, -0.05) is 51.0 Å². The second-order valence-corrected chi connectivity index (χ2v) is 15.7. The molecule has 0 radical (unpaired) electrons. The van der Waals surface area contributed by atoms with Crippen molar-refractivity contribution in [3.8, 4) is 5.69 Å². The smallest absolute Gasteiger partial charge is 0.272 e. The number of rotatable bonds is 10. The van der Waals surface area contributed by atoms with Crippen molar-refractivity contribution in [2.24, 2.45) is 0 Å². The third-order valence-corrected chi connectivity index (χ3v) is 11.8. The summed E-state index contributed by atoms with van der Waals surface area (Å²) >= 11 is 0. The molecule has 0 saturated carbocycles. The molecule has 9 heteroatoms. The van der Waals surface area contributed by atoms with E-state index in [0.717, 1.165) is 19.3 Å². The monoisotopic (exact) mass is 438 g/mol. The highest BCUT2D eigenvalue weighted by Gasteiger charge is 2.38. The molecule has 1 heterocycles. The first-order valence-electron chi connectivity index (χ1n) is 10.2. The molecule has 0 amide bonds. The number of tetrazole rings is 1. The average Bonchev–Trinajstić information content (AvgIpc) is 3.15. The van der Waals surface area contributed by atoms with Gasteiger partial charge in [0.1, 0.15) is 0 Å². The van der Waals surface area contributed by atoms with Gasteiger partial charge >= 0.3 is 0 Å². The zero-order chi connectivity index (χ0) is 21.7. The molecule has 162 valence electrons. The molecule has 0 aliphatic heterocycles. The van der Waals surface area contributed by atoms with E-state index in [1.54, 1.807) is 12.1 Å². The predicted octanol–water partition coefficient (Wildman–Crippen LogP) is 4.41. The number of sulfone groups is 1. The summed E-state index contributed by atoms with van der Waals surface area (Å²) in [5, 5.41) is 11.2. The van der Waals surface area contributed by atoms with E-state index in [1.165, 1.54) is 4.68 Å². The summed E-state index contributed by atoms with van der Waals surface area (Å²) in [6.45, 7) is 13.3. The molecule has 29 heavy (non-hydrogen) atoms. The maximum absolute atomic E-state index is 12.8. The molecule has 1 aromatic heterocycles. The SMILES string of the molecule is CC[C@@H](CCCCS(=O)(=O)c1nnnn1-c1ccccc1)O[Si](C)(C)C(C)(C)C. The Hall–Kier alpha value is -1.58. The summed E-state index contributed by atoms with van der Waals surface area (Å²) in [5.74, 6) is 0.0245. The normalized spacial score (nSPS) is 14.1. The second-order valence-electron chi connectivity index (χ2n) is 8.93. The van der Waals surface area contributed by atoms with E-state index in [0.29, 0.717) is 12.1 Å². The molecule has 7 nitrogen and oxygen atoms in total. The van der Waals surface area contributed by atoms with Crippen molar-refractivity contribution in [3.05, 3.63) is 30.3 Å². The molecule has 0 fully saturated rings. The Morgan fingerprint density at radius 1 is 1.14 bits per heavy atom. The van der Waals surface area contributed by atoms with Gasteiger partial charge in [-0.05, 0) is 66.4 Å². The number of benzene rings is 1. The van der Waals surface area contributed by atoms with E-state index in [2.05, 4.69) is 56.3 Å². The minimum atomic E-state index is -3.56. The van der Waals surface area contributed by atoms with Crippen molar-refractivity contribution < 1.29 is 12.8 Å². The van der Waals surface area contributed by atoms with E-state index in [-0.39, 0.29) is 22.1 Å². The summed E-state index contributed by atoms with van der Waals surface area (Å²) in [6, 6.07) is 9.05. The Balaban J connectivity index is 1.94. The quantitative estimate of drug-likeness (QED) is 0.403. The summed E-state index contributed by atoms with van der Waals surface area (Å²) in [7, 11) is -5.39. The number of para-hydroxylation sites is 1. The average molecular weight is 439 g/mol. The highest BCUT2D eigenvalue weighted by atomic mass is 32.2. The fourth-order valence-electron chi connectivity index (χ4n) is 2.80. The van der Waals surface area contributed by atoms with E-state index >= 15 is 0 Å². The van der Waals surface area contributed by atoms with Crippen molar-refractivity contribution in [2.45, 2.75) is 82.8 Å². The van der Waals surface area contributed by atoms with Crippen molar-refractivity contribution in [3.63, 3.8) is 0 Å². The molecule has 0 bridgehead atoms. The number of aromatic nitrogens is 4. The Morgan fingerprint density at radius 2 is 1.79 bits per heavy atom. The molecule has 0 spiro atoms. The van der Waals surface area contributed by atoms with Crippen molar-refractivity contribution in [2.75, 3.05) is 5.75 Å². The zero-order valence-electron chi connectivity index (χ0n) is 18.4. The number of hydrogen-bond donors (Lipinski definition) is 0. The van der Waals surface area contributed by atoms with E-state index in [1.807, 2.05) is 18.2 Å². The minimum Gasteiger partial charge on any atom is -0.414 e. The number of hydrogen-bond acceptors (Lipinski definition) is 6. The van der Waals surface area contributed by atoms with Gasteiger partial charge in [-0.25, -0.2) is 8.42 Å². The van der Waals surface area contributed by atoms with E-state index < -0.39 is 18.2 Å². The van der Waals surface area contributed by atoms with Gasteiger partial charge in [0, 0.05) is 6.10 Å². The van der Waals surface area contributed by atoms with Crippen LogP contribution in [0.25, 0.3) is 5.69 Å². The third-order valence-electron chi connectivity index (χ3n) is 5.63. The number of nitrogens with zero attached hydrogens (tertiary/aromatic N) is 4. The van der Waals surface area contributed by atoms with Gasteiger partial charge in [0.2, 0.25) is 9.84 Å². The molecule has 0 saturated heterocycles. The topological polar surface area (TPSA) is 87.0 Å². The molecular formula is C20H34N4O3SSi. The molecule has 0 aliphatic rings. The standard InChI is InChI=1S/C20H34N4O3SSi/c1-7-18(27-29(5,6)20(2,3)4)15-11-12-16-28(25,26)19-21-22-23-24(19)17-13-9-8-10-14-17/h8-10,13-14,18H,7,11-12,15-16H2,1-6H3/t18-/m0/s1. The van der Waals surface area contributed by atoms with Crippen molar-refractivity contribution in [1.82, 2.24) is 20.2 Å². The van der Waals surface area contributed by atoms with Crippen LogP contribution in [0.3, 0.4) is 0 Å². The number of unbranched alkanes of at least 4 members (excludes halogenated alkanes) is 1.